The van der Waals surface area contributed by atoms with Crippen molar-refractivity contribution in [3.8, 4) is 5.88 Å². The number of hydrogen-bond acceptors (Lipinski definition) is 3. The Morgan fingerprint density at radius 3 is 2.78 bits per heavy atom. The smallest absolute Gasteiger partial charge is 0.449 e. The van der Waals surface area contributed by atoms with Gasteiger partial charge in [0, 0.05) is 24.5 Å². The van der Waals surface area contributed by atoms with Crippen LogP contribution in [0.2, 0.25) is 0 Å². The highest BCUT2D eigenvalue weighted by molar-refractivity contribution is 5.83. The molecule has 0 amide bonds. The second-order valence-corrected chi connectivity index (χ2v) is 4.36. The molecule has 0 atom stereocenters. The molecule has 0 aliphatic carbocycles. The SMILES string of the molecule is CN(C)CCn1c(OC(=O)O)cc2ccccc21. The molecule has 5 nitrogen and oxygen atoms in total. The lowest BCUT2D eigenvalue weighted by molar-refractivity contribution is 0.140. The van der Waals surface area contributed by atoms with Gasteiger partial charge < -0.3 is 19.3 Å². The molecular weight excluding hydrogens is 232 g/mol. The molecule has 1 aromatic heterocycles. The number of carbonyl (C=O) groups is 1. The Morgan fingerprint density at radius 2 is 2.11 bits per heavy atom. The Morgan fingerprint density at radius 1 is 1.39 bits per heavy atom. The van der Waals surface area contributed by atoms with Crippen LogP contribution in [-0.4, -0.2) is 41.4 Å². The molecule has 0 saturated carbocycles. The van der Waals surface area contributed by atoms with Crippen LogP contribution in [0.5, 0.6) is 5.88 Å². The number of rotatable bonds is 4. The van der Waals surface area contributed by atoms with E-state index in [2.05, 4.69) is 0 Å². The van der Waals surface area contributed by atoms with E-state index >= 15 is 0 Å². The summed E-state index contributed by atoms with van der Waals surface area (Å²) in [5, 5.41) is 9.73. The quantitative estimate of drug-likeness (QED) is 0.843. The van der Waals surface area contributed by atoms with Crippen molar-refractivity contribution in [3.63, 3.8) is 0 Å². The van der Waals surface area contributed by atoms with E-state index in [9.17, 15) is 4.79 Å². The topological polar surface area (TPSA) is 54.7 Å². The van der Waals surface area contributed by atoms with Crippen LogP contribution in [0.1, 0.15) is 0 Å². The number of fused-ring (bicyclic) bond motifs is 1. The van der Waals surface area contributed by atoms with E-state index in [0.29, 0.717) is 12.4 Å². The first-order valence-electron chi connectivity index (χ1n) is 5.71. The lowest BCUT2D eigenvalue weighted by Crippen LogP contribution is -2.19. The predicted molar refractivity (Wildman–Crippen MR) is 69.1 cm³/mol. The van der Waals surface area contributed by atoms with Gasteiger partial charge in [-0.2, -0.15) is 0 Å². The standard InChI is InChI=1S/C13H16N2O3/c1-14(2)7-8-15-11-6-4-3-5-10(11)9-12(15)18-13(16)17/h3-6,9H,7-8H2,1-2H3,(H,16,17). The Hall–Kier alpha value is -2.01. The summed E-state index contributed by atoms with van der Waals surface area (Å²) in [6.07, 6.45) is -1.29. The molecule has 18 heavy (non-hydrogen) atoms. The van der Waals surface area contributed by atoms with Gasteiger partial charge in [-0.1, -0.05) is 18.2 Å². The number of para-hydroxylation sites is 1. The van der Waals surface area contributed by atoms with Crippen LogP contribution in [0, 0.1) is 0 Å². The van der Waals surface area contributed by atoms with E-state index in [-0.39, 0.29) is 0 Å². The lowest BCUT2D eigenvalue weighted by atomic mass is 10.2. The number of ether oxygens (including phenoxy) is 1. The van der Waals surface area contributed by atoms with Crippen LogP contribution in [0.15, 0.2) is 30.3 Å². The van der Waals surface area contributed by atoms with Gasteiger partial charge in [-0.3, -0.25) is 0 Å². The van der Waals surface area contributed by atoms with E-state index in [1.54, 1.807) is 6.07 Å². The molecule has 0 aliphatic rings. The van der Waals surface area contributed by atoms with E-state index in [0.717, 1.165) is 17.4 Å². The molecule has 2 rings (SSSR count). The summed E-state index contributed by atoms with van der Waals surface area (Å²) in [6.45, 7) is 1.50. The van der Waals surface area contributed by atoms with E-state index in [1.807, 2.05) is 47.8 Å². The molecule has 1 heterocycles. The third-order valence-electron chi connectivity index (χ3n) is 2.74. The first-order valence-corrected chi connectivity index (χ1v) is 5.71. The van der Waals surface area contributed by atoms with Crippen molar-refractivity contribution in [1.29, 1.82) is 0 Å². The zero-order chi connectivity index (χ0) is 13.1. The Balaban J connectivity index is 2.40. The maximum absolute atomic E-state index is 10.7. The molecular formula is C13H16N2O3. The summed E-state index contributed by atoms with van der Waals surface area (Å²) in [7, 11) is 3.95. The Labute approximate surface area is 105 Å². The molecule has 0 fully saturated rings. The van der Waals surface area contributed by atoms with Crippen molar-refractivity contribution >= 4 is 17.1 Å². The van der Waals surface area contributed by atoms with Gasteiger partial charge in [0.25, 0.3) is 0 Å². The molecule has 0 radical (unpaired) electrons. The lowest BCUT2D eigenvalue weighted by Gasteiger charge is -2.13. The molecule has 0 aliphatic heterocycles. The molecule has 1 N–H and O–H groups in total. The molecule has 2 aromatic rings. The monoisotopic (exact) mass is 248 g/mol. The average Bonchev–Trinajstić information content (AvgIpc) is 2.62. The summed E-state index contributed by atoms with van der Waals surface area (Å²) in [5.74, 6) is 0.366. The number of likely N-dealkylation sites (N-methyl/N-ethyl adjacent to an activating group) is 1. The highest BCUT2D eigenvalue weighted by atomic mass is 16.7. The summed E-state index contributed by atoms with van der Waals surface area (Å²) in [4.78, 5) is 12.7. The van der Waals surface area contributed by atoms with E-state index in [1.165, 1.54) is 0 Å². The van der Waals surface area contributed by atoms with Crippen molar-refractivity contribution in [3.05, 3.63) is 30.3 Å². The van der Waals surface area contributed by atoms with Crippen molar-refractivity contribution in [2.45, 2.75) is 6.54 Å². The van der Waals surface area contributed by atoms with Crippen LogP contribution in [-0.2, 0) is 6.54 Å². The molecule has 1 aromatic carbocycles. The fourth-order valence-corrected chi connectivity index (χ4v) is 1.89. The maximum Gasteiger partial charge on any atom is 0.512 e. The van der Waals surface area contributed by atoms with E-state index in [4.69, 9.17) is 9.84 Å². The number of nitrogens with zero attached hydrogens (tertiary/aromatic N) is 2. The molecule has 0 spiro atoms. The maximum atomic E-state index is 10.7. The van der Waals surface area contributed by atoms with Gasteiger partial charge in [-0.25, -0.2) is 4.79 Å². The van der Waals surface area contributed by atoms with Crippen LogP contribution in [0.4, 0.5) is 4.79 Å². The zero-order valence-corrected chi connectivity index (χ0v) is 10.5. The number of benzene rings is 1. The summed E-state index contributed by atoms with van der Waals surface area (Å²) in [5.41, 5.74) is 0.982. The second kappa shape index (κ2) is 5.10. The van der Waals surface area contributed by atoms with Gasteiger partial charge in [0.05, 0.1) is 5.52 Å². The second-order valence-electron chi connectivity index (χ2n) is 4.36. The number of hydrogen-bond donors (Lipinski definition) is 1. The fraction of sp³-hybridized carbons (Fsp3) is 0.308. The summed E-state index contributed by atoms with van der Waals surface area (Å²) in [6, 6.07) is 9.50. The van der Waals surface area contributed by atoms with Gasteiger partial charge in [0.2, 0.25) is 5.88 Å². The first kappa shape index (κ1) is 12.4. The molecule has 0 unspecified atom stereocenters. The molecule has 5 heteroatoms. The summed E-state index contributed by atoms with van der Waals surface area (Å²) >= 11 is 0. The van der Waals surface area contributed by atoms with Gasteiger partial charge in [-0.15, -0.1) is 0 Å². The van der Waals surface area contributed by atoms with Gasteiger partial charge >= 0.3 is 6.16 Å². The Bertz CT molecular complexity index is 560. The molecule has 96 valence electrons. The molecule has 0 saturated heterocycles. The zero-order valence-electron chi connectivity index (χ0n) is 10.5. The van der Waals surface area contributed by atoms with Crippen LogP contribution in [0.3, 0.4) is 0 Å². The van der Waals surface area contributed by atoms with E-state index < -0.39 is 6.16 Å². The minimum absolute atomic E-state index is 0.366. The highest BCUT2D eigenvalue weighted by Gasteiger charge is 2.12. The first-order chi connectivity index (χ1) is 8.58. The van der Waals surface area contributed by atoms with Gasteiger partial charge in [0.1, 0.15) is 0 Å². The number of carboxylic acid groups (broad SMARTS) is 1. The fourth-order valence-electron chi connectivity index (χ4n) is 1.89. The normalized spacial score (nSPS) is 11.1. The largest absolute Gasteiger partial charge is 0.512 e. The number of aromatic nitrogens is 1. The van der Waals surface area contributed by atoms with Crippen molar-refractivity contribution in [2.75, 3.05) is 20.6 Å². The minimum atomic E-state index is -1.29. The van der Waals surface area contributed by atoms with Crippen LogP contribution < -0.4 is 4.74 Å². The average molecular weight is 248 g/mol. The predicted octanol–water partition coefficient (Wildman–Crippen LogP) is 2.26. The van der Waals surface area contributed by atoms with Crippen molar-refractivity contribution in [2.24, 2.45) is 0 Å². The van der Waals surface area contributed by atoms with Gasteiger partial charge in [-0.05, 0) is 20.2 Å². The summed E-state index contributed by atoms with van der Waals surface area (Å²) < 4.78 is 6.70. The van der Waals surface area contributed by atoms with Crippen LogP contribution in [0.25, 0.3) is 10.9 Å². The van der Waals surface area contributed by atoms with Gasteiger partial charge in [0.15, 0.2) is 0 Å². The highest BCUT2D eigenvalue weighted by Crippen LogP contribution is 2.25. The van der Waals surface area contributed by atoms with Crippen molar-refractivity contribution in [1.82, 2.24) is 9.47 Å². The molecule has 0 bridgehead atoms. The Kier molecular flexibility index (Phi) is 3.53. The third kappa shape index (κ3) is 2.62. The van der Waals surface area contributed by atoms with Crippen molar-refractivity contribution < 1.29 is 14.6 Å². The van der Waals surface area contributed by atoms with Crippen LogP contribution >= 0.6 is 0 Å². The third-order valence-corrected chi connectivity index (χ3v) is 2.74. The minimum Gasteiger partial charge on any atom is -0.449 e.